The molecule has 0 bridgehead atoms. The lowest BCUT2D eigenvalue weighted by Crippen LogP contribution is -2.36. The first-order chi connectivity index (χ1) is 9.41. The Morgan fingerprint density at radius 2 is 2.10 bits per heavy atom. The van der Waals surface area contributed by atoms with Crippen LogP contribution < -0.4 is 9.64 Å². The number of ether oxygens (including phenoxy) is 1. The number of hydrogen-bond donors (Lipinski definition) is 0. The molecule has 108 valence electrons. The van der Waals surface area contributed by atoms with Crippen LogP contribution in [0.5, 0.6) is 5.75 Å². The Hall–Kier alpha value is -1.27. The summed E-state index contributed by atoms with van der Waals surface area (Å²) in [5, 5.41) is 0.484. The molecule has 0 spiro atoms. The Morgan fingerprint density at radius 1 is 1.35 bits per heavy atom. The number of halogens is 1. The highest BCUT2D eigenvalue weighted by atomic mass is 35.5. The van der Waals surface area contributed by atoms with Crippen LogP contribution in [-0.4, -0.2) is 39.0 Å². The van der Waals surface area contributed by atoms with E-state index < -0.39 is 9.84 Å². The van der Waals surface area contributed by atoms with Crippen molar-refractivity contribution in [1.29, 1.82) is 0 Å². The fourth-order valence-corrected chi connectivity index (χ4v) is 5.29. The Bertz CT molecular complexity index is 673. The van der Waals surface area contributed by atoms with Gasteiger partial charge in [-0.3, -0.25) is 4.79 Å². The van der Waals surface area contributed by atoms with Crippen LogP contribution in [0, 0.1) is 5.92 Å². The summed E-state index contributed by atoms with van der Waals surface area (Å²) in [4.78, 5) is 13.8. The van der Waals surface area contributed by atoms with Crippen molar-refractivity contribution >= 4 is 33.0 Å². The van der Waals surface area contributed by atoms with E-state index >= 15 is 0 Å². The quantitative estimate of drug-likeness (QED) is 0.829. The average molecular weight is 316 g/mol. The van der Waals surface area contributed by atoms with Crippen molar-refractivity contribution < 1.29 is 17.9 Å². The van der Waals surface area contributed by atoms with E-state index in [-0.39, 0.29) is 35.8 Å². The molecule has 3 rings (SSSR count). The fraction of sp³-hybridized carbons (Fsp3) is 0.462. The van der Waals surface area contributed by atoms with Crippen LogP contribution >= 0.6 is 11.6 Å². The van der Waals surface area contributed by atoms with Crippen LogP contribution in [-0.2, 0) is 14.6 Å². The average Bonchev–Trinajstić information content (AvgIpc) is 2.79. The molecule has 0 saturated carbocycles. The molecule has 1 aromatic carbocycles. The van der Waals surface area contributed by atoms with Gasteiger partial charge >= 0.3 is 0 Å². The lowest BCUT2D eigenvalue weighted by Gasteiger charge is -2.25. The predicted molar refractivity (Wildman–Crippen MR) is 76.0 cm³/mol. The summed E-state index contributed by atoms with van der Waals surface area (Å²) in [6.45, 7) is 0. The molecule has 0 unspecified atom stereocenters. The smallest absolute Gasteiger partial charge is 0.227 e. The summed E-state index contributed by atoms with van der Waals surface area (Å²) in [7, 11) is -1.56. The number of anilines is 1. The van der Waals surface area contributed by atoms with Gasteiger partial charge in [0, 0.05) is 17.4 Å². The molecule has 0 aromatic heterocycles. The van der Waals surface area contributed by atoms with E-state index in [0.29, 0.717) is 16.5 Å². The third-order valence-electron chi connectivity index (χ3n) is 3.87. The zero-order valence-corrected chi connectivity index (χ0v) is 12.4. The molecule has 7 heteroatoms. The highest BCUT2D eigenvalue weighted by molar-refractivity contribution is 7.91. The van der Waals surface area contributed by atoms with Crippen molar-refractivity contribution in [2.75, 3.05) is 23.5 Å². The number of methoxy groups -OCH3 is 1. The van der Waals surface area contributed by atoms with Crippen molar-refractivity contribution in [3.63, 3.8) is 0 Å². The summed E-state index contributed by atoms with van der Waals surface area (Å²) in [5.74, 6) is 0.418. The Kier molecular flexibility index (Phi) is 3.17. The van der Waals surface area contributed by atoms with Gasteiger partial charge in [-0.05, 0) is 18.2 Å². The Balaban J connectivity index is 2.05. The van der Waals surface area contributed by atoms with Crippen LogP contribution in [0.15, 0.2) is 18.2 Å². The first-order valence-electron chi connectivity index (χ1n) is 6.27. The van der Waals surface area contributed by atoms with Crippen molar-refractivity contribution in [3.8, 4) is 5.75 Å². The standard InChI is InChI=1S/C13H14ClNO4S/c1-19-12-3-2-9(14)5-10(12)15-11-7-20(17,18)6-8(11)4-13(15)16/h2-3,5,8,11H,4,6-7H2,1H3/t8-,11+/m0/s1. The monoisotopic (exact) mass is 315 g/mol. The van der Waals surface area contributed by atoms with E-state index in [1.54, 1.807) is 23.1 Å². The third kappa shape index (κ3) is 2.16. The molecule has 20 heavy (non-hydrogen) atoms. The van der Waals surface area contributed by atoms with Crippen LogP contribution in [0.4, 0.5) is 5.69 Å². The second-order valence-corrected chi connectivity index (χ2v) is 7.78. The zero-order chi connectivity index (χ0) is 14.5. The number of carbonyl (C=O) groups excluding carboxylic acids is 1. The topological polar surface area (TPSA) is 63.7 Å². The molecule has 0 N–H and O–H groups in total. The van der Waals surface area contributed by atoms with Gasteiger partial charge in [-0.25, -0.2) is 8.42 Å². The maximum Gasteiger partial charge on any atom is 0.227 e. The summed E-state index contributed by atoms with van der Waals surface area (Å²) in [5.41, 5.74) is 0.551. The minimum Gasteiger partial charge on any atom is -0.495 e. The molecule has 0 radical (unpaired) electrons. The predicted octanol–water partition coefficient (Wildman–Crippen LogP) is 1.50. The number of rotatable bonds is 2. The highest BCUT2D eigenvalue weighted by Crippen LogP contribution is 2.41. The number of nitrogens with zero attached hydrogens (tertiary/aromatic N) is 1. The van der Waals surface area contributed by atoms with Gasteiger partial charge in [-0.1, -0.05) is 11.6 Å². The SMILES string of the molecule is COc1ccc(Cl)cc1N1C(=O)C[C@H]2CS(=O)(=O)C[C@H]21. The van der Waals surface area contributed by atoms with Gasteiger partial charge in [-0.15, -0.1) is 0 Å². The molecule has 2 saturated heterocycles. The lowest BCUT2D eigenvalue weighted by atomic mass is 10.0. The van der Waals surface area contributed by atoms with E-state index in [2.05, 4.69) is 0 Å². The molecule has 0 aliphatic carbocycles. The number of fused-ring (bicyclic) bond motifs is 1. The van der Waals surface area contributed by atoms with Gasteiger partial charge in [0.05, 0.1) is 30.3 Å². The van der Waals surface area contributed by atoms with Crippen LogP contribution in [0.2, 0.25) is 5.02 Å². The molecular formula is C13H14ClNO4S. The van der Waals surface area contributed by atoms with E-state index in [1.165, 1.54) is 7.11 Å². The first kappa shape index (κ1) is 13.7. The fourth-order valence-electron chi connectivity index (χ4n) is 3.05. The number of sulfone groups is 1. The van der Waals surface area contributed by atoms with Crippen molar-refractivity contribution in [3.05, 3.63) is 23.2 Å². The number of benzene rings is 1. The van der Waals surface area contributed by atoms with Gasteiger partial charge in [0.25, 0.3) is 0 Å². The lowest BCUT2D eigenvalue weighted by molar-refractivity contribution is -0.117. The summed E-state index contributed by atoms with van der Waals surface area (Å²) in [6, 6.07) is 4.69. The van der Waals surface area contributed by atoms with Gasteiger partial charge in [0.2, 0.25) is 5.91 Å². The maximum atomic E-state index is 12.2. The summed E-state index contributed by atoms with van der Waals surface area (Å²) in [6.07, 6.45) is 0.263. The van der Waals surface area contributed by atoms with Gasteiger partial charge in [0.1, 0.15) is 5.75 Å². The number of amides is 1. The molecule has 1 aromatic rings. The van der Waals surface area contributed by atoms with E-state index in [4.69, 9.17) is 16.3 Å². The molecule has 2 fully saturated rings. The maximum absolute atomic E-state index is 12.2. The normalized spacial score (nSPS) is 27.7. The molecule has 2 atom stereocenters. The van der Waals surface area contributed by atoms with Crippen molar-refractivity contribution in [2.24, 2.45) is 5.92 Å². The minimum absolute atomic E-state index is 0.0130. The Labute approximate surface area is 122 Å². The third-order valence-corrected chi connectivity index (χ3v) is 5.89. The van der Waals surface area contributed by atoms with Crippen molar-refractivity contribution in [1.82, 2.24) is 0 Å². The highest BCUT2D eigenvalue weighted by Gasteiger charge is 2.49. The van der Waals surface area contributed by atoms with E-state index in [0.717, 1.165) is 0 Å². The second kappa shape index (κ2) is 4.63. The molecule has 2 aliphatic rings. The first-order valence-corrected chi connectivity index (χ1v) is 8.47. The molecule has 2 heterocycles. The second-order valence-electron chi connectivity index (χ2n) is 5.19. The molecular weight excluding hydrogens is 302 g/mol. The van der Waals surface area contributed by atoms with Gasteiger partial charge in [-0.2, -0.15) is 0 Å². The van der Waals surface area contributed by atoms with Crippen LogP contribution in [0.25, 0.3) is 0 Å². The van der Waals surface area contributed by atoms with E-state index in [9.17, 15) is 13.2 Å². The van der Waals surface area contributed by atoms with Gasteiger partial charge < -0.3 is 9.64 Å². The number of carbonyl (C=O) groups is 1. The van der Waals surface area contributed by atoms with Crippen LogP contribution in [0.3, 0.4) is 0 Å². The minimum atomic E-state index is -3.07. The number of hydrogen-bond acceptors (Lipinski definition) is 4. The largest absolute Gasteiger partial charge is 0.495 e. The summed E-state index contributed by atoms with van der Waals surface area (Å²) >= 11 is 5.99. The Morgan fingerprint density at radius 3 is 2.80 bits per heavy atom. The van der Waals surface area contributed by atoms with E-state index in [1.807, 2.05) is 0 Å². The molecule has 2 aliphatic heterocycles. The zero-order valence-electron chi connectivity index (χ0n) is 10.9. The summed E-state index contributed by atoms with van der Waals surface area (Å²) < 4.78 is 28.8. The molecule has 1 amide bonds. The van der Waals surface area contributed by atoms with Gasteiger partial charge in [0.15, 0.2) is 9.84 Å². The molecule has 5 nitrogen and oxygen atoms in total. The van der Waals surface area contributed by atoms with Crippen LogP contribution in [0.1, 0.15) is 6.42 Å². The van der Waals surface area contributed by atoms with Crippen molar-refractivity contribution in [2.45, 2.75) is 12.5 Å².